The molecule has 2 aromatic heterocycles. The molecule has 5 nitrogen and oxygen atoms in total. The van der Waals surface area contributed by atoms with Crippen molar-refractivity contribution in [3.8, 4) is 79.3 Å². The lowest BCUT2D eigenvalue weighted by Crippen LogP contribution is -2.02. The van der Waals surface area contributed by atoms with Gasteiger partial charge in [0.05, 0.1) is 22.7 Å². The molecule has 0 spiro atoms. The minimum atomic E-state index is 0.540. The molecule has 2 heterocycles. The van der Waals surface area contributed by atoms with Crippen molar-refractivity contribution < 1.29 is 0 Å². The Morgan fingerprint density at radius 3 is 1.42 bits per heavy atom. The van der Waals surface area contributed by atoms with Crippen molar-refractivity contribution >= 4 is 54.1 Å². The molecule has 0 fully saturated rings. The van der Waals surface area contributed by atoms with Gasteiger partial charge in [-0.25, -0.2) is 15.0 Å². The zero-order chi connectivity index (χ0) is 45.8. The van der Waals surface area contributed by atoms with Gasteiger partial charge in [0.1, 0.15) is 0 Å². The van der Waals surface area contributed by atoms with E-state index in [9.17, 15) is 5.26 Å². The molecule has 0 bridgehead atoms. The molecule has 69 heavy (non-hydrogen) atoms. The van der Waals surface area contributed by atoms with Crippen LogP contribution in [0.1, 0.15) is 5.56 Å². The van der Waals surface area contributed by atoms with Crippen LogP contribution < -0.4 is 0 Å². The highest BCUT2D eigenvalue weighted by atomic mass is 15.0. The maximum atomic E-state index is 10.8. The fourth-order valence-electron chi connectivity index (χ4n) is 9.94. The van der Waals surface area contributed by atoms with E-state index in [1.165, 1.54) is 0 Å². The smallest absolute Gasteiger partial charge is 0.164 e. The number of fused-ring (bicyclic) bond motifs is 6. The van der Waals surface area contributed by atoms with Crippen molar-refractivity contribution in [2.24, 2.45) is 0 Å². The highest BCUT2D eigenvalue weighted by Crippen LogP contribution is 2.39. The molecule has 0 amide bonds. The Labute approximate surface area is 398 Å². The Bertz CT molecular complexity index is 4120. The van der Waals surface area contributed by atoms with E-state index >= 15 is 0 Å². The summed E-state index contributed by atoms with van der Waals surface area (Å²) in [6, 6.07) is 85.4. The van der Waals surface area contributed by atoms with Crippen LogP contribution in [0.15, 0.2) is 237 Å². The topological polar surface area (TPSA) is 67.4 Å². The predicted molar refractivity (Wildman–Crippen MR) is 284 cm³/mol. The van der Waals surface area contributed by atoms with Gasteiger partial charge in [-0.05, 0) is 120 Å². The summed E-state index contributed by atoms with van der Waals surface area (Å²) < 4.78 is 2.36. The van der Waals surface area contributed by atoms with E-state index in [-0.39, 0.29) is 0 Å². The lowest BCUT2D eigenvalue weighted by molar-refractivity contribution is 1.07. The van der Waals surface area contributed by atoms with Crippen molar-refractivity contribution in [3.05, 3.63) is 242 Å². The minimum Gasteiger partial charge on any atom is -0.309 e. The molecular weight excluding hydrogens is 839 g/mol. The zero-order valence-corrected chi connectivity index (χ0v) is 37.3. The number of hydrogen-bond acceptors (Lipinski definition) is 4. The second-order valence-corrected chi connectivity index (χ2v) is 17.6. The van der Waals surface area contributed by atoms with Crippen molar-refractivity contribution in [3.63, 3.8) is 0 Å². The molecule has 0 saturated carbocycles. The van der Waals surface area contributed by atoms with Gasteiger partial charge >= 0.3 is 0 Å². The molecule has 5 heteroatoms. The maximum absolute atomic E-state index is 10.8. The van der Waals surface area contributed by atoms with Gasteiger partial charge in [-0.15, -0.1) is 0 Å². The van der Waals surface area contributed by atoms with Crippen LogP contribution in [0.25, 0.3) is 127 Å². The molecule has 0 radical (unpaired) electrons. The first-order valence-electron chi connectivity index (χ1n) is 23.1. The molecule has 320 valence electrons. The third kappa shape index (κ3) is 7.16. The highest BCUT2D eigenvalue weighted by Gasteiger charge is 2.20. The lowest BCUT2D eigenvalue weighted by atomic mass is 9.93. The second kappa shape index (κ2) is 16.4. The monoisotopic (exact) mass is 877 g/mol. The van der Waals surface area contributed by atoms with Crippen molar-refractivity contribution in [2.45, 2.75) is 0 Å². The predicted octanol–water partition coefficient (Wildman–Crippen LogP) is 16.3. The zero-order valence-electron chi connectivity index (χ0n) is 37.3. The number of hydrogen-bond donors (Lipinski definition) is 0. The maximum Gasteiger partial charge on any atom is 0.164 e. The molecule has 0 aliphatic heterocycles. The van der Waals surface area contributed by atoms with Crippen LogP contribution in [0.5, 0.6) is 0 Å². The fourth-order valence-corrected chi connectivity index (χ4v) is 9.94. The standard InChI is InChI=1S/C64H39N5/c65-40-55-35-48(28-30-57(55)50-25-22-42-14-4-7-17-45(42)32-50)53-36-54(38-56(37-53)69-60-21-11-10-20-58(60)59-31-29-49(39-61(59)69)41-12-2-1-3-13-41)64-67-62(51-26-23-43-15-5-8-18-46(43)33-51)66-63(68-64)52-27-24-44-16-6-9-19-47(44)34-52/h1-39H. The normalized spacial score (nSPS) is 11.5. The van der Waals surface area contributed by atoms with Gasteiger partial charge in [0.15, 0.2) is 17.5 Å². The number of rotatable bonds is 7. The summed E-state index contributed by atoms with van der Waals surface area (Å²) in [4.78, 5) is 15.9. The van der Waals surface area contributed by atoms with E-state index in [2.05, 4.69) is 229 Å². The Hall–Kier alpha value is -9.50. The van der Waals surface area contributed by atoms with E-state index in [0.717, 1.165) is 110 Å². The van der Waals surface area contributed by atoms with E-state index in [1.54, 1.807) is 0 Å². The number of nitrogens with zero attached hydrogens (tertiary/aromatic N) is 5. The molecule has 0 atom stereocenters. The first-order valence-corrected chi connectivity index (χ1v) is 23.1. The third-order valence-corrected chi connectivity index (χ3v) is 13.4. The van der Waals surface area contributed by atoms with Gasteiger partial charge in [-0.3, -0.25) is 0 Å². The van der Waals surface area contributed by atoms with E-state index in [0.29, 0.717) is 23.0 Å². The van der Waals surface area contributed by atoms with Gasteiger partial charge in [0.2, 0.25) is 0 Å². The quantitative estimate of drug-likeness (QED) is 0.160. The minimum absolute atomic E-state index is 0.540. The number of nitriles is 1. The average Bonchev–Trinajstić information content (AvgIpc) is 3.76. The van der Waals surface area contributed by atoms with Crippen LogP contribution in [-0.4, -0.2) is 19.5 Å². The average molecular weight is 878 g/mol. The first kappa shape index (κ1) is 39.8. The number of benzene rings is 11. The molecule has 0 N–H and O–H groups in total. The molecule has 0 unspecified atom stereocenters. The summed E-state index contributed by atoms with van der Waals surface area (Å²) in [5.74, 6) is 1.70. The second-order valence-electron chi connectivity index (χ2n) is 17.6. The molecule has 0 aliphatic carbocycles. The Morgan fingerprint density at radius 2 is 0.783 bits per heavy atom. The van der Waals surface area contributed by atoms with Crippen molar-refractivity contribution in [2.75, 3.05) is 0 Å². The third-order valence-electron chi connectivity index (χ3n) is 13.4. The summed E-state index contributed by atoms with van der Waals surface area (Å²) in [5.41, 5.74) is 12.3. The van der Waals surface area contributed by atoms with Gasteiger partial charge in [-0.1, -0.05) is 182 Å². The van der Waals surface area contributed by atoms with Gasteiger partial charge in [0, 0.05) is 33.2 Å². The summed E-state index contributed by atoms with van der Waals surface area (Å²) in [6.45, 7) is 0. The fraction of sp³-hybridized carbons (Fsp3) is 0. The first-order chi connectivity index (χ1) is 34.1. The SMILES string of the molecule is N#Cc1cc(-c2cc(-c3nc(-c4ccc5ccccc5c4)nc(-c4ccc5ccccc5c4)n3)cc(-n3c4ccccc4c4ccc(-c5ccccc5)cc43)c2)ccc1-c1ccc2ccccc2c1. The summed E-state index contributed by atoms with van der Waals surface area (Å²) >= 11 is 0. The molecular formula is C64H39N5. The van der Waals surface area contributed by atoms with Gasteiger partial charge in [0.25, 0.3) is 0 Å². The van der Waals surface area contributed by atoms with E-state index in [4.69, 9.17) is 15.0 Å². The van der Waals surface area contributed by atoms with E-state index < -0.39 is 0 Å². The number of para-hydroxylation sites is 1. The molecule has 0 saturated heterocycles. The van der Waals surface area contributed by atoms with Crippen LogP contribution in [0.4, 0.5) is 0 Å². The van der Waals surface area contributed by atoms with Crippen LogP contribution >= 0.6 is 0 Å². The summed E-state index contributed by atoms with van der Waals surface area (Å²) in [5, 5.41) is 19.9. The van der Waals surface area contributed by atoms with E-state index in [1.807, 2.05) is 18.2 Å². The molecule has 13 rings (SSSR count). The summed E-state index contributed by atoms with van der Waals surface area (Å²) in [7, 11) is 0. The van der Waals surface area contributed by atoms with Gasteiger partial charge < -0.3 is 4.57 Å². The molecule has 0 aliphatic rings. The summed E-state index contributed by atoms with van der Waals surface area (Å²) in [6.07, 6.45) is 0. The van der Waals surface area contributed by atoms with Crippen LogP contribution in [0.3, 0.4) is 0 Å². The van der Waals surface area contributed by atoms with Crippen LogP contribution in [0.2, 0.25) is 0 Å². The Kier molecular flexibility index (Phi) is 9.48. The molecule has 13 aromatic rings. The lowest BCUT2D eigenvalue weighted by Gasteiger charge is -2.15. The largest absolute Gasteiger partial charge is 0.309 e. The van der Waals surface area contributed by atoms with Crippen LogP contribution in [0, 0.1) is 11.3 Å². The number of aromatic nitrogens is 4. The van der Waals surface area contributed by atoms with Gasteiger partial charge in [-0.2, -0.15) is 5.26 Å². The Balaban J connectivity index is 1.06. The van der Waals surface area contributed by atoms with Crippen LogP contribution in [-0.2, 0) is 0 Å². The van der Waals surface area contributed by atoms with Crippen molar-refractivity contribution in [1.82, 2.24) is 19.5 Å². The van der Waals surface area contributed by atoms with Crippen molar-refractivity contribution in [1.29, 1.82) is 5.26 Å². The Morgan fingerprint density at radius 1 is 0.304 bits per heavy atom. The highest BCUT2D eigenvalue weighted by molar-refractivity contribution is 6.10. The molecule has 11 aromatic carbocycles.